The SMILES string of the molecule is CCC1=CN=C2C(=C(N)C1)NC(Sc1cc3c(cc1CC)OCO3)N2CCCNS(=O)(=O)CC. The molecule has 1 aromatic rings. The summed E-state index contributed by atoms with van der Waals surface area (Å²) in [5.41, 5.74) is 10.3. The highest BCUT2D eigenvalue weighted by molar-refractivity contribution is 8.00. The second-order valence-electron chi connectivity index (χ2n) is 8.30. The lowest BCUT2D eigenvalue weighted by atomic mass is 10.1. The van der Waals surface area contributed by atoms with E-state index in [2.05, 4.69) is 28.8 Å². The Hall–Kier alpha value is -2.37. The van der Waals surface area contributed by atoms with E-state index in [9.17, 15) is 8.42 Å². The first kappa shape index (κ1) is 24.7. The number of rotatable bonds is 10. The van der Waals surface area contributed by atoms with Crippen molar-refractivity contribution in [3.8, 4) is 11.5 Å². The molecule has 0 saturated carbocycles. The fourth-order valence-corrected chi connectivity index (χ4v) is 5.95. The molecule has 0 aromatic heterocycles. The van der Waals surface area contributed by atoms with Gasteiger partial charge in [-0.05, 0) is 49.5 Å². The monoisotopic (exact) mass is 507 g/mol. The van der Waals surface area contributed by atoms with Crippen LogP contribution in [0.15, 0.2) is 45.2 Å². The lowest BCUT2D eigenvalue weighted by molar-refractivity contribution is 0.174. The molecule has 0 radical (unpaired) electrons. The third-order valence-electron chi connectivity index (χ3n) is 6.06. The molecule has 0 aliphatic carbocycles. The molecule has 9 nitrogen and oxygen atoms in total. The molecule has 11 heteroatoms. The number of thioether (sulfide) groups is 1. The van der Waals surface area contributed by atoms with Gasteiger partial charge in [0, 0.05) is 36.3 Å². The standard InChI is InChI=1S/C23H33N5O4S2/c1-4-15-10-17(24)21-22(25-13-15)28(9-7-8-26-34(29,30)6-3)23(27-21)33-20-12-19-18(31-14-32-19)11-16(20)5-2/h11-13,23,26-27H,4-10,14,24H2,1-3H3. The number of ether oxygens (including phenoxy) is 2. The minimum atomic E-state index is -3.22. The first-order chi connectivity index (χ1) is 16.3. The van der Waals surface area contributed by atoms with Crippen molar-refractivity contribution < 1.29 is 17.9 Å². The van der Waals surface area contributed by atoms with Crippen LogP contribution in [0.3, 0.4) is 0 Å². The van der Waals surface area contributed by atoms with Crippen LogP contribution in [-0.4, -0.2) is 50.3 Å². The number of fused-ring (bicyclic) bond motifs is 2. The minimum absolute atomic E-state index is 0.0708. The van der Waals surface area contributed by atoms with E-state index in [-0.39, 0.29) is 18.0 Å². The van der Waals surface area contributed by atoms with Gasteiger partial charge in [-0.3, -0.25) is 0 Å². The van der Waals surface area contributed by atoms with Gasteiger partial charge >= 0.3 is 0 Å². The summed E-state index contributed by atoms with van der Waals surface area (Å²) < 4.78 is 37.5. The molecule has 3 heterocycles. The van der Waals surface area contributed by atoms with E-state index < -0.39 is 10.0 Å². The van der Waals surface area contributed by atoms with Crippen LogP contribution in [0.5, 0.6) is 11.5 Å². The molecular formula is C23H33N5O4S2. The van der Waals surface area contributed by atoms with Crippen LogP contribution < -0.4 is 25.2 Å². The van der Waals surface area contributed by atoms with Crippen LogP contribution in [0.25, 0.3) is 0 Å². The molecule has 1 saturated heterocycles. The Morgan fingerprint density at radius 2 is 2.00 bits per heavy atom. The lowest BCUT2D eigenvalue weighted by Crippen LogP contribution is -2.37. The number of benzene rings is 1. The van der Waals surface area contributed by atoms with E-state index in [1.54, 1.807) is 18.7 Å². The van der Waals surface area contributed by atoms with Gasteiger partial charge in [0.15, 0.2) is 22.8 Å². The Bertz CT molecular complexity index is 1130. The Balaban J connectivity index is 1.59. The summed E-state index contributed by atoms with van der Waals surface area (Å²) in [4.78, 5) is 8.06. The maximum absolute atomic E-state index is 11.8. The first-order valence-electron chi connectivity index (χ1n) is 11.7. The molecule has 4 rings (SSSR count). The molecule has 1 unspecified atom stereocenters. The summed E-state index contributed by atoms with van der Waals surface area (Å²) in [5.74, 6) is 2.40. The number of nitrogens with two attached hydrogens (primary N) is 1. The number of nitrogens with zero attached hydrogens (tertiary/aromatic N) is 2. The number of hydrogen-bond acceptors (Lipinski definition) is 9. The van der Waals surface area contributed by atoms with Gasteiger partial charge in [0.1, 0.15) is 0 Å². The maximum Gasteiger partial charge on any atom is 0.231 e. The zero-order valence-corrected chi connectivity index (χ0v) is 21.5. The molecule has 0 spiro atoms. The third-order valence-corrected chi connectivity index (χ3v) is 8.70. The van der Waals surface area contributed by atoms with Gasteiger partial charge in [-0.2, -0.15) is 0 Å². The lowest BCUT2D eigenvalue weighted by Gasteiger charge is -2.26. The van der Waals surface area contributed by atoms with E-state index in [0.717, 1.165) is 46.5 Å². The fraction of sp³-hybridized carbons (Fsp3) is 0.522. The Morgan fingerprint density at radius 3 is 2.71 bits per heavy atom. The molecule has 3 aliphatic rings. The highest BCUT2D eigenvalue weighted by Crippen LogP contribution is 2.41. The van der Waals surface area contributed by atoms with Crippen molar-refractivity contribution in [2.24, 2.45) is 10.7 Å². The summed E-state index contributed by atoms with van der Waals surface area (Å²) in [6, 6.07) is 4.08. The van der Waals surface area contributed by atoms with Gasteiger partial charge < -0.3 is 25.4 Å². The third kappa shape index (κ3) is 5.31. The number of aliphatic imine (C=N–C) groups is 1. The average molecular weight is 508 g/mol. The van der Waals surface area contributed by atoms with Crippen molar-refractivity contribution >= 4 is 27.6 Å². The van der Waals surface area contributed by atoms with Crippen LogP contribution in [0.4, 0.5) is 0 Å². The van der Waals surface area contributed by atoms with Crippen LogP contribution in [-0.2, 0) is 16.4 Å². The topological polar surface area (TPSA) is 118 Å². The summed E-state index contributed by atoms with van der Waals surface area (Å²) in [6.07, 6.45) is 4.97. The quantitative estimate of drug-likeness (QED) is 0.414. The zero-order chi connectivity index (χ0) is 24.3. The second kappa shape index (κ2) is 10.5. The van der Waals surface area contributed by atoms with Crippen LogP contribution in [0.2, 0.25) is 0 Å². The highest BCUT2D eigenvalue weighted by Gasteiger charge is 2.36. The number of hydrogen-bond donors (Lipinski definition) is 3. The Kier molecular flexibility index (Phi) is 7.63. The van der Waals surface area contributed by atoms with Crippen molar-refractivity contribution in [3.05, 3.63) is 40.9 Å². The van der Waals surface area contributed by atoms with Crippen LogP contribution >= 0.6 is 11.8 Å². The molecule has 0 amide bonds. The number of nitrogens with one attached hydrogen (secondary N) is 2. The summed E-state index contributed by atoms with van der Waals surface area (Å²) >= 11 is 1.68. The van der Waals surface area contributed by atoms with E-state index >= 15 is 0 Å². The molecule has 4 N–H and O–H groups in total. The van der Waals surface area contributed by atoms with Crippen molar-refractivity contribution in [2.75, 3.05) is 25.6 Å². The number of aryl methyl sites for hydroxylation is 1. The maximum atomic E-state index is 11.8. The fourth-order valence-electron chi connectivity index (χ4n) is 4.01. The van der Waals surface area contributed by atoms with Crippen molar-refractivity contribution in [2.45, 2.75) is 56.8 Å². The van der Waals surface area contributed by atoms with Gasteiger partial charge in [-0.15, -0.1) is 0 Å². The van der Waals surface area contributed by atoms with Gasteiger partial charge in [0.25, 0.3) is 0 Å². The largest absolute Gasteiger partial charge is 0.454 e. The molecule has 3 aliphatic heterocycles. The summed E-state index contributed by atoms with van der Waals surface area (Å²) in [7, 11) is -3.22. The normalized spacial score (nSPS) is 19.5. The molecule has 1 aromatic carbocycles. The van der Waals surface area contributed by atoms with E-state index in [0.29, 0.717) is 25.9 Å². The summed E-state index contributed by atoms with van der Waals surface area (Å²) in [5, 5.41) is 3.58. The van der Waals surface area contributed by atoms with Gasteiger partial charge in [-0.1, -0.05) is 25.6 Å². The van der Waals surface area contributed by atoms with E-state index in [1.165, 1.54) is 11.1 Å². The Labute approximate surface area is 205 Å². The second-order valence-corrected chi connectivity index (χ2v) is 11.5. The Morgan fingerprint density at radius 1 is 1.24 bits per heavy atom. The smallest absolute Gasteiger partial charge is 0.231 e. The number of sulfonamides is 1. The van der Waals surface area contributed by atoms with Gasteiger partial charge in [-0.25, -0.2) is 18.1 Å². The molecule has 186 valence electrons. The van der Waals surface area contributed by atoms with E-state index in [1.807, 2.05) is 18.3 Å². The highest BCUT2D eigenvalue weighted by atomic mass is 32.2. The zero-order valence-electron chi connectivity index (χ0n) is 19.9. The number of allylic oxidation sites excluding steroid dienone is 1. The van der Waals surface area contributed by atoms with Gasteiger partial charge in [0.2, 0.25) is 16.8 Å². The molecule has 1 atom stereocenters. The first-order valence-corrected chi connectivity index (χ1v) is 14.2. The average Bonchev–Trinajstić information content (AvgIpc) is 3.38. The summed E-state index contributed by atoms with van der Waals surface area (Å²) in [6.45, 7) is 7.07. The van der Waals surface area contributed by atoms with Crippen molar-refractivity contribution in [1.82, 2.24) is 14.9 Å². The van der Waals surface area contributed by atoms with Crippen molar-refractivity contribution in [1.29, 1.82) is 0 Å². The molecular weight excluding hydrogens is 474 g/mol. The van der Waals surface area contributed by atoms with Crippen LogP contribution in [0.1, 0.15) is 45.6 Å². The number of amidine groups is 1. The molecule has 1 fully saturated rings. The van der Waals surface area contributed by atoms with Gasteiger partial charge in [0.05, 0.1) is 11.4 Å². The van der Waals surface area contributed by atoms with Crippen molar-refractivity contribution in [3.63, 3.8) is 0 Å². The van der Waals surface area contributed by atoms with E-state index in [4.69, 9.17) is 20.2 Å². The predicted octanol–water partition coefficient (Wildman–Crippen LogP) is 2.85. The molecule has 34 heavy (non-hydrogen) atoms. The minimum Gasteiger partial charge on any atom is -0.454 e. The predicted molar refractivity (Wildman–Crippen MR) is 135 cm³/mol. The van der Waals surface area contributed by atoms with Crippen LogP contribution in [0, 0.1) is 0 Å². The molecule has 0 bridgehead atoms.